The number of hydrogen-bond acceptors (Lipinski definition) is 6. The second-order valence-electron chi connectivity index (χ2n) is 6.19. The number of carbonyl (C=O) groups is 1. The first-order valence-electron chi connectivity index (χ1n) is 8.03. The molecule has 146 valence electrons. The normalized spacial score (nSPS) is 18.0. The standard InChI is InChI=1S/C17H17F3N2O4S/c18-5-11(22-15(24)14(19)20)13(23)10-3-1-9(2-4-10)12-6-21-16(27-12)17(25)7-26-8-17/h1-4,6,11,13-14,23,25H,5,7-8H2,(H,22,24)/t11-,13-/m1/s1. The minimum Gasteiger partial charge on any atom is -0.386 e. The molecule has 1 aliphatic heterocycles. The van der Waals surface area contributed by atoms with E-state index in [0.717, 1.165) is 10.4 Å². The Morgan fingerprint density at radius 2 is 2.00 bits per heavy atom. The highest BCUT2D eigenvalue weighted by atomic mass is 32.1. The first-order valence-corrected chi connectivity index (χ1v) is 8.85. The Hall–Kier alpha value is -2.01. The topological polar surface area (TPSA) is 91.7 Å². The van der Waals surface area contributed by atoms with E-state index in [4.69, 9.17) is 4.74 Å². The Morgan fingerprint density at radius 3 is 2.52 bits per heavy atom. The SMILES string of the molecule is O=C(N[C@H](CF)[C@H](O)c1ccc(-c2cnc(C3(O)COC3)s2)cc1)C(F)F. The molecule has 1 aliphatic rings. The smallest absolute Gasteiger partial charge is 0.315 e. The fourth-order valence-electron chi connectivity index (χ4n) is 2.57. The van der Waals surface area contributed by atoms with Crippen LogP contribution in [-0.4, -0.2) is 53.5 Å². The van der Waals surface area contributed by atoms with E-state index < -0.39 is 36.8 Å². The van der Waals surface area contributed by atoms with Gasteiger partial charge in [-0.15, -0.1) is 11.3 Å². The van der Waals surface area contributed by atoms with E-state index in [-0.39, 0.29) is 18.8 Å². The van der Waals surface area contributed by atoms with Gasteiger partial charge in [-0.2, -0.15) is 8.78 Å². The molecule has 10 heteroatoms. The first-order chi connectivity index (χ1) is 12.8. The molecule has 1 amide bonds. The number of halogens is 3. The fourth-order valence-corrected chi connectivity index (χ4v) is 3.55. The molecular formula is C17H17F3N2O4S. The van der Waals surface area contributed by atoms with Gasteiger partial charge in [-0.1, -0.05) is 24.3 Å². The van der Waals surface area contributed by atoms with Crippen molar-refractivity contribution in [1.82, 2.24) is 10.3 Å². The van der Waals surface area contributed by atoms with Crippen molar-refractivity contribution in [3.63, 3.8) is 0 Å². The summed E-state index contributed by atoms with van der Waals surface area (Å²) in [6, 6.07) is 4.86. The number of nitrogens with one attached hydrogen (secondary N) is 1. The van der Waals surface area contributed by atoms with Crippen LogP contribution in [0, 0.1) is 0 Å². The molecule has 1 saturated heterocycles. The molecule has 1 fully saturated rings. The van der Waals surface area contributed by atoms with Gasteiger partial charge in [0.25, 0.3) is 5.91 Å². The van der Waals surface area contributed by atoms with Gasteiger partial charge in [-0.3, -0.25) is 4.79 Å². The van der Waals surface area contributed by atoms with Crippen LogP contribution in [0.15, 0.2) is 30.5 Å². The molecular weight excluding hydrogens is 385 g/mol. The molecule has 2 heterocycles. The van der Waals surface area contributed by atoms with E-state index in [1.807, 2.05) is 0 Å². The molecule has 3 N–H and O–H groups in total. The maximum Gasteiger partial charge on any atom is 0.315 e. The molecule has 0 aliphatic carbocycles. The second kappa shape index (κ2) is 7.93. The maximum absolute atomic E-state index is 13.1. The van der Waals surface area contributed by atoms with Crippen LogP contribution in [0.4, 0.5) is 13.2 Å². The maximum atomic E-state index is 13.1. The molecule has 0 radical (unpaired) electrons. The molecule has 3 rings (SSSR count). The first kappa shape index (κ1) is 19.7. The predicted octanol–water partition coefficient (Wildman–Crippen LogP) is 1.78. The molecule has 1 aromatic carbocycles. The van der Waals surface area contributed by atoms with E-state index in [1.165, 1.54) is 23.5 Å². The highest BCUT2D eigenvalue weighted by Crippen LogP contribution is 2.36. The van der Waals surface area contributed by atoms with Crippen molar-refractivity contribution in [2.75, 3.05) is 19.9 Å². The molecule has 2 aromatic rings. The summed E-state index contributed by atoms with van der Waals surface area (Å²) < 4.78 is 42.7. The lowest BCUT2D eigenvalue weighted by Crippen LogP contribution is -2.46. The fraction of sp³-hybridized carbons (Fsp3) is 0.412. The summed E-state index contributed by atoms with van der Waals surface area (Å²) in [4.78, 5) is 16.0. The highest BCUT2D eigenvalue weighted by molar-refractivity contribution is 7.15. The van der Waals surface area contributed by atoms with Crippen molar-refractivity contribution in [3.8, 4) is 10.4 Å². The molecule has 2 atom stereocenters. The number of aliphatic hydroxyl groups excluding tert-OH is 1. The van der Waals surface area contributed by atoms with Crippen LogP contribution in [0.1, 0.15) is 16.7 Å². The summed E-state index contributed by atoms with van der Waals surface area (Å²) in [6.07, 6.45) is -3.16. The Morgan fingerprint density at radius 1 is 1.33 bits per heavy atom. The van der Waals surface area contributed by atoms with Crippen LogP contribution < -0.4 is 5.32 Å². The zero-order valence-electron chi connectivity index (χ0n) is 13.9. The van der Waals surface area contributed by atoms with Gasteiger partial charge in [0, 0.05) is 6.20 Å². The van der Waals surface area contributed by atoms with E-state index in [2.05, 4.69) is 4.98 Å². The minimum absolute atomic E-state index is 0.194. The summed E-state index contributed by atoms with van der Waals surface area (Å²) in [5, 5.41) is 22.7. The summed E-state index contributed by atoms with van der Waals surface area (Å²) in [6.45, 7) is -0.805. The quantitative estimate of drug-likeness (QED) is 0.657. The molecule has 0 saturated carbocycles. The second-order valence-corrected chi connectivity index (χ2v) is 7.22. The summed E-state index contributed by atoms with van der Waals surface area (Å²) in [5.74, 6) is -1.64. The minimum atomic E-state index is -3.29. The molecule has 1 aromatic heterocycles. The van der Waals surface area contributed by atoms with E-state index in [0.29, 0.717) is 5.01 Å². The van der Waals surface area contributed by atoms with E-state index >= 15 is 0 Å². The lowest BCUT2D eigenvalue weighted by molar-refractivity contribution is -0.184. The van der Waals surface area contributed by atoms with E-state index in [1.54, 1.807) is 23.6 Å². The van der Waals surface area contributed by atoms with Gasteiger partial charge in [-0.25, -0.2) is 9.37 Å². The van der Waals surface area contributed by atoms with E-state index in [9.17, 15) is 28.2 Å². The molecule has 6 nitrogen and oxygen atoms in total. The number of thiazole rings is 1. The van der Waals surface area contributed by atoms with Gasteiger partial charge in [-0.05, 0) is 11.1 Å². The number of nitrogens with zero attached hydrogens (tertiary/aromatic N) is 1. The van der Waals surface area contributed by atoms with Crippen molar-refractivity contribution in [2.24, 2.45) is 0 Å². The van der Waals surface area contributed by atoms with Crippen LogP contribution in [0.25, 0.3) is 10.4 Å². The lowest BCUT2D eigenvalue weighted by Gasteiger charge is -2.34. The van der Waals surface area contributed by atoms with Crippen molar-refractivity contribution in [2.45, 2.75) is 24.2 Å². The third-order valence-electron chi connectivity index (χ3n) is 4.20. The van der Waals surface area contributed by atoms with Crippen LogP contribution >= 0.6 is 11.3 Å². The Bertz CT molecular complexity index is 796. The highest BCUT2D eigenvalue weighted by Gasteiger charge is 2.40. The number of aromatic nitrogens is 1. The molecule has 0 bridgehead atoms. The van der Waals surface area contributed by atoms with Gasteiger partial charge >= 0.3 is 6.43 Å². The number of alkyl halides is 3. The van der Waals surface area contributed by atoms with Crippen molar-refractivity contribution >= 4 is 17.2 Å². The monoisotopic (exact) mass is 402 g/mol. The van der Waals surface area contributed by atoms with Crippen LogP contribution in [0.2, 0.25) is 0 Å². The number of amides is 1. The Kier molecular flexibility index (Phi) is 5.80. The zero-order chi connectivity index (χ0) is 19.6. The van der Waals surface area contributed by atoms with Gasteiger partial charge in [0.15, 0.2) is 5.60 Å². The van der Waals surface area contributed by atoms with Crippen LogP contribution in [0.5, 0.6) is 0 Å². The van der Waals surface area contributed by atoms with Crippen LogP contribution in [-0.2, 0) is 15.1 Å². The third kappa shape index (κ3) is 4.13. The molecule has 27 heavy (non-hydrogen) atoms. The number of carbonyl (C=O) groups excluding carboxylic acids is 1. The Balaban J connectivity index is 1.71. The van der Waals surface area contributed by atoms with Gasteiger partial charge < -0.3 is 20.3 Å². The predicted molar refractivity (Wildman–Crippen MR) is 91.1 cm³/mol. The summed E-state index contributed by atoms with van der Waals surface area (Å²) >= 11 is 1.30. The summed E-state index contributed by atoms with van der Waals surface area (Å²) in [5.41, 5.74) is -0.0327. The lowest BCUT2D eigenvalue weighted by atomic mass is 10.0. The number of ether oxygens (including phenoxy) is 1. The molecule has 0 unspecified atom stereocenters. The largest absolute Gasteiger partial charge is 0.386 e. The average molecular weight is 402 g/mol. The number of benzene rings is 1. The number of hydrogen-bond donors (Lipinski definition) is 3. The van der Waals surface area contributed by atoms with Crippen molar-refractivity contribution in [3.05, 3.63) is 41.0 Å². The number of aliphatic hydroxyl groups is 2. The third-order valence-corrected chi connectivity index (χ3v) is 5.44. The van der Waals surface area contributed by atoms with Gasteiger partial charge in [0.05, 0.1) is 24.1 Å². The van der Waals surface area contributed by atoms with Gasteiger partial charge in [0.1, 0.15) is 17.8 Å². The van der Waals surface area contributed by atoms with Crippen molar-refractivity contribution < 1.29 is 32.9 Å². The van der Waals surface area contributed by atoms with Gasteiger partial charge in [0.2, 0.25) is 0 Å². The number of rotatable bonds is 7. The Labute approximate surface area is 156 Å². The van der Waals surface area contributed by atoms with Crippen LogP contribution in [0.3, 0.4) is 0 Å². The average Bonchev–Trinajstić information content (AvgIpc) is 3.14. The zero-order valence-corrected chi connectivity index (χ0v) is 14.8. The summed E-state index contributed by atoms with van der Waals surface area (Å²) in [7, 11) is 0. The van der Waals surface area contributed by atoms with Crippen molar-refractivity contribution in [1.29, 1.82) is 0 Å². The molecule has 0 spiro atoms.